The molecule has 3 heterocycles. The van der Waals surface area contributed by atoms with E-state index in [1.54, 1.807) is 0 Å². The molecule has 2 N–H and O–H groups in total. The van der Waals surface area contributed by atoms with E-state index >= 15 is 0 Å². The van der Waals surface area contributed by atoms with Crippen molar-refractivity contribution in [3.8, 4) is 0 Å². The Balaban J connectivity index is 1.71. The summed E-state index contributed by atoms with van der Waals surface area (Å²) in [6, 6.07) is 2.05. The van der Waals surface area contributed by atoms with Crippen LogP contribution in [0, 0.1) is 6.92 Å². The summed E-state index contributed by atoms with van der Waals surface area (Å²) in [5, 5.41) is 6.46. The molecule has 1 unspecified atom stereocenters. The molecular formula is C16H24N4O2. The zero-order valence-electron chi connectivity index (χ0n) is 13.1. The molecule has 6 nitrogen and oxygen atoms in total. The van der Waals surface area contributed by atoms with Gasteiger partial charge in [0.25, 0.3) is 5.91 Å². The molecule has 2 fully saturated rings. The molecule has 1 atom stereocenters. The second-order valence-corrected chi connectivity index (χ2v) is 6.13. The van der Waals surface area contributed by atoms with Crippen LogP contribution in [0.4, 0.5) is 0 Å². The minimum absolute atomic E-state index is 0.0950. The molecule has 0 aromatic carbocycles. The highest BCUT2D eigenvalue weighted by Crippen LogP contribution is 2.22. The van der Waals surface area contributed by atoms with Crippen LogP contribution in [0.2, 0.25) is 0 Å². The number of ether oxygens (including phenoxy) is 1. The number of hydrogen-bond donors (Lipinski definition) is 2. The first-order chi connectivity index (χ1) is 10.7. The van der Waals surface area contributed by atoms with Gasteiger partial charge in [0.2, 0.25) is 0 Å². The highest BCUT2D eigenvalue weighted by Gasteiger charge is 2.21. The average Bonchev–Trinajstić information content (AvgIpc) is 2.56. The molecule has 0 bridgehead atoms. The Morgan fingerprint density at radius 1 is 1.32 bits per heavy atom. The molecule has 2 saturated heterocycles. The maximum Gasteiger partial charge on any atom is 0.270 e. The van der Waals surface area contributed by atoms with Crippen molar-refractivity contribution < 1.29 is 9.53 Å². The molecule has 2 aliphatic rings. The normalized spacial score (nSPS) is 23.2. The Morgan fingerprint density at radius 2 is 2.14 bits per heavy atom. The van der Waals surface area contributed by atoms with Crippen molar-refractivity contribution in [1.29, 1.82) is 0 Å². The van der Waals surface area contributed by atoms with Crippen molar-refractivity contribution in [3.63, 3.8) is 0 Å². The molecular weight excluding hydrogens is 280 g/mol. The SMILES string of the molecule is Cc1nc(C(=O)NC2CCOCC2)cc(C2CCCNC2)n1. The summed E-state index contributed by atoms with van der Waals surface area (Å²) in [6.45, 7) is 5.28. The summed E-state index contributed by atoms with van der Waals surface area (Å²) in [7, 11) is 0. The first-order valence-electron chi connectivity index (χ1n) is 8.17. The lowest BCUT2D eigenvalue weighted by Crippen LogP contribution is -2.39. The number of nitrogens with one attached hydrogen (secondary N) is 2. The van der Waals surface area contributed by atoms with Gasteiger partial charge in [0.1, 0.15) is 11.5 Å². The molecule has 22 heavy (non-hydrogen) atoms. The van der Waals surface area contributed by atoms with Gasteiger partial charge < -0.3 is 15.4 Å². The summed E-state index contributed by atoms with van der Waals surface area (Å²) in [4.78, 5) is 21.3. The fourth-order valence-electron chi connectivity index (χ4n) is 3.12. The summed E-state index contributed by atoms with van der Waals surface area (Å²) < 4.78 is 5.32. The van der Waals surface area contributed by atoms with Gasteiger partial charge in [-0.25, -0.2) is 9.97 Å². The van der Waals surface area contributed by atoms with E-state index in [4.69, 9.17) is 4.74 Å². The van der Waals surface area contributed by atoms with E-state index in [0.29, 0.717) is 30.7 Å². The van der Waals surface area contributed by atoms with Crippen molar-refractivity contribution in [3.05, 3.63) is 23.3 Å². The van der Waals surface area contributed by atoms with Gasteiger partial charge in [0.05, 0.1) is 0 Å². The van der Waals surface area contributed by atoms with Crippen LogP contribution in [0.3, 0.4) is 0 Å². The first-order valence-corrected chi connectivity index (χ1v) is 8.17. The predicted molar refractivity (Wildman–Crippen MR) is 82.9 cm³/mol. The van der Waals surface area contributed by atoms with E-state index in [2.05, 4.69) is 20.6 Å². The maximum atomic E-state index is 12.4. The average molecular weight is 304 g/mol. The quantitative estimate of drug-likeness (QED) is 0.876. The first kappa shape index (κ1) is 15.4. The largest absolute Gasteiger partial charge is 0.381 e. The Morgan fingerprint density at radius 3 is 2.86 bits per heavy atom. The highest BCUT2D eigenvalue weighted by atomic mass is 16.5. The van der Waals surface area contributed by atoms with E-state index < -0.39 is 0 Å². The molecule has 2 aliphatic heterocycles. The second kappa shape index (κ2) is 7.15. The lowest BCUT2D eigenvalue weighted by Gasteiger charge is -2.24. The summed E-state index contributed by atoms with van der Waals surface area (Å²) in [5.74, 6) is 0.952. The van der Waals surface area contributed by atoms with Crippen molar-refractivity contribution >= 4 is 5.91 Å². The second-order valence-electron chi connectivity index (χ2n) is 6.13. The molecule has 0 aliphatic carbocycles. The molecule has 1 aromatic heterocycles. The van der Waals surface area contributed by atoms with E-state index in [1.165, 1.54) is 0 Å². The highest BCUT2D eigenvalue weighted by molar-refractivity contribution is 5.92. The zero-order chi connectivity index (χ0) is 15.4. The number of amides is 1. The van der Waals surface area contributed by atoms with Crippen LogP contribution in [-0.2, 0) is 4.74 Å². The van der Waals surface area contributed by atoms with Gasteiger partial charge in [-0.15, -0.1) is 0 Å². The smallest absolute Gasteiger partial charge is 0.270 e. The molecule has 0 radical (unpaired) electrons. The van der Waals surface area contributed by atoms with Gasteiger partial charge in [-0.1, -0.05) is 0 Å². The standard InChI is InChI=1S/C16H24N4O2/c1-11-18-14(12-3-2-6-17-10-12)9-15(19-11)16(21)20-13-4-7-22-8-5-13/h9,12-13,17H,2-8,10H2,1H3,(H,20,21). The lowest BCUT2D eigenvalue weighted by molar-refractivity contribution is 0.0694. The van der Waals surface area contributed by atoms with Crippen LogP contribution in [0.1, 0.15) is 53.6 Å². The lowest BCUT2D eigenvalue weighted by atomic mass is 9.95. The Kier molecular flexibility index (Phi) is 5.00. The number of hydrogen-bond acceptors (Lipinski definition) is 5. The Bertz CT molecular complexity index is 523. The molecule has 3 rings (SSSR count). The minimum Gasteiger partial charge on any atom is -0.381 e. The van der Waals surface area contributed by atoms with E-state index in [9.17, 15) is 4.79 Å². The molecule has 1 amide bonds. The summed E-state index contributed by atoms with van der Waals surface area (Å²) in [5.41, 5.74) is 1.47. The number of nitrogens with zero attached hydrogens (tertiary/aromatic N) is 2. The van der Waals surface area contributed by atoms with Crippen LogP contribution in [0.15, 0.2) is 6.07 Å². The van der Waals surface area contributed by atoms with Gasteiger partial charge in [-0.05, 0) is 45.2 Å². The van der Waals surface area contributed by atoms with Crippen molar-refractivity contribution in [1.82, 2.24) is 20.6 Å². The molecule has 0 spiro atoms. The van der Waals surface area contributed by atoms with Gasteiger partial charge in [0, 0.05) is 37.4 Å². The number of aryl methyl sites for hydroxylation is 1. The number of carbonyl (C=O) groups is 1. The predicted octanol–water partition coefficient (Wildman–Crippen LogP) is 1.16. The van der Waals surface area contributed by atoms with Crippen molar-refractivity contribution in [2.24, 2.45) is 0 Å². The van der Waals surface area contributed by atoms with E-state index in [0.717, 1.165) is 44.5 Å². The van der Waals surface area contributed by atoms with Crippen LogP contribution in [0.25, 0.3) is 0 Å². The Hall–Kier alpha value is -1.53. The van der Waals surface area contributed by atoms with Crippen LogP contribution in [-0.4, -0.2) is 48.2 Å². The molecule has 6 heteroatoms. The summed E-state index contributed by atoms with van der Waals surface area (Å²) in [6.07, 6.45) is 4.01. The number of carbonyl (C=O) groups excluding carboxylic acids is 1. The third kappa shape index (κ3) is 3.81. The van der Waals surface area contributed by atoms with Crippen LogP contribution >= 0.6 is 0 Å². The van der Waals surface area contributed by atoms with Gasteiger partial charge in [-0.2, -0.15) is 0 Å². The van der Waals surface area contributed by atoms with E-state index in [-0.39, 0.29) is 11.9 Å². The number of piperidine rings is 1. The van der Waals surface area contributed by atoms with E-state index in [1.807, 2.05) is 13.0 Å². The van der Waals surface area contributed by atoms with Crippen molar-refractivity contribution in [2.75, 3.05) is 26.3 Å². The fraction of sp³-hybridized carbons (Fsp3) is 0.688. The van der Waals surface area contributed by atoms with Gasteiger partial charge in [-0.3, -0.25) is 4.79 Å². The maximum absolute atomic E-state index is 12.4. The topological polar surface area (TPSA) is 76.1 Å². The molecule has 1 aromatic rings. The third-order valence-electron chi connectivity index (χ3n) is 4.36. The zero-order valence-corrected chi connectivity index (χ0v) is 13.1. The van der Waals surface area contributed by atoms with Crippen LogP contribution < -0.4 is 10.6 Å². The fourth-order valence-corrected chi connectivity index (χ4v) is 3.12. The Labute approximate surface area is 131 Å². The third-order valence-corrected chi connectivity index (χ3v) is 4.36. The van der Waals surface area contributed by atoms with Gasteiger partial charge >= 0.3 is 0 Å². The molecule has 0 saturated carbocycles. The monoisotopic (exact) mass is 304 g/mol. The molecule has 120 valence electrons. The summed E-state index contributed by atoms with van der Waals surface area (Å²) >= 11 is 0. The number of rotatable bonds is 3. The van der Waals surface area contributed by atoms with Crippen LogP contribution in [0.5, 0.6) is 0 Å². The minimum atomic E-state index is -0.0950. The number of aromatic nitrogens is 2. The van der Waals surface area contributed by atoms with Crippen molar-refractivity contribution in [2.45, 2.75) is 44.6 Å². The van der Waals surface area contributed by atoms with Gasteiger partial charge in [0.15, 0.2) is 0 Å².